The van der Waals surface area contributed by atoms with Crippen molar-refractivity contribution >= 4 is 27.4 Å². The highest BCUT2D eigenvalue weighted by Crippen LogP contribution is 2.34. The Morgan fingerprint density at radius 1 is 1.03 bits per heavy atom. The molecule has 0 saturated heterocycles. The number of hydrogen-bond donors (Lipinski definition) is 2. The third-order valence-corrected chi connectivity index (χ3v) is 5.81. The molecule has 0 aliphatic heterocycles. The molecule has 2 N–H and O–H groups in total. The van der Waals surface area contributed by atoms with Crippen molar-refractivity contribution in [3.05, 3.63) is 103 Å². The normalized spacial score (nSPS) is 12.6. The van der Waals surface area contributed by atoms with Crippen molar-refractivity contribution in [2.45, 2.75) is 13.8 Å². The van der Waals surface area contributed by atoms with Gasteiger partial charge < -0.3 is 4.98 Å². The minimum absolute atomic E-state index is 0.251. The Labute approximate surface area is 191 Å². The lowest BCUT2D eigenvalue weighted by atomic mass is 10.0. The minimum atomic E-state index is -0.251. The van der Waals surface area contributed by atoms with E-state index in [9.17, 15) is 4.39 Å². The molecule has 3 heterocycles. The van der Waals surface area contributed by atoms with Gasteiger partial charge in [-0.2, -0.15) is 5.10 Å². The smallest absolute Gasteiger partial charge is 0.123 e. The van der Waals surface area contributed by atoms with Crippen molar-refractivity contribution in [2.75, 3.05) is 0 Å². The number of benzene rings is 2. The summed E-state index contributed by atoms with van der Waals surface area (Å²) in [5, 5.41) is 9.65. The predicted octanol–water partition coefficient (Wildman–Crippen LogP) is 7.45. The van der Waals surface area contributed by atoms with Crippen LogP contribution in [0.1, 0.15) is 19.5 Å². The molecule has 5 aromatic rings. The second-order valence-electron chi connectivity index (χ2n) is 7.98. The highest BCUT2D eigenvalue weighted by atomic mass is 19.1. The molecule has 0 amide bonds. The monoisotopic (exact) mass is 434 g/mol. The molecule has 2 aromatic carbocycles. The van der Waals surface area contributed by atoms with Crippen LogP contribution in [0.25, 0.3) is 49.9 Å². The third kappa shape index (κ3) is 3.78. The van der Waals surface area contributed by atoms with Crippen LogP contribution in [0.4, 0.5) is 4.39 Å². The summed E-state index contributed by atoms with van der Waals surface area (Å²) in [6.45, 7) is 7.84. The molecule has 0 radical (unpaired) electrons. The van der Waals surface area contributed by atoms with Gasteiger partial charge >= 0.3 is 0 Å². The summed E-state index contributed by atoms with van der Waals surface area (Å²) in [6.07, 6.45) is 7.73. The molecular weight excluding hydrogens is 411 g/mol. The number of nitrogens with one attached hydrogen (secondary N) is 2. The molecule has 5 heteroatoms. The zero-order valence-electron chi connectivity index (χ0n) is 18.5. The standard InChI is InChI=1S/C28H23FN4/c1-4-17(3)12-18(5-2)25-15-23-27(16-30-25)32-33-28(23)26-14-22-21(10-7-11-24(22)31-26)19-8-6-9-20(29)13-19/h4-16,31H,1H2,2-3H3,(H,32,33)/b17-12-,18-5+. The maximum atomic E-state index is 13.8. The molecule has 0 unspecified atom stereocenters. The number of allylic oxidation sites excluding steroid dienone is 5. The van der Waals surface area contributed by atoms with Crippen molar-refractivity contribution < 1.29 is 4.39 Å². The Hall–Kier alpha value is -4.25. The van der Waals surface area contributed by atoms with Crippen molar-refractivity contribution in [3.8, 4) is 22.5 Å². The molecule has 0 fully saturated rings. The maximum absolute atomic E-state index is 13.8. The molecule has 0 aliphatic rings. The summed E-state index contributed by atoms with van der Waals surface area (Å²) in [5.41, 5.74) is 8.29. The van der Waals surface area contributed by atoms with E-state index in [0.29, 0.717) is 0 Å². The van der Waals surface area contributed by atoms with Crippen molar-refractivity contribution in [2.24, 2.45) is 0 Å². The van der Waals surface area contributed by atoms with E-state index in [2.05, 4.69) is 45.0 Å². The summed E-state index contributed by atoms with van der Waals surface area (Å²) in [6, 6.07) is 16.8. The summed E-state index contributed by atoms with van der Waals surface area (Å²) in [7, 11) is 0. The van der Waals surface area contributed by atoms with Crippen molar-refractivity contribution in [3.63, 3.8) is 0 Å². The van der Waals surface area contributed by atoms with Crippen LogP contribution >= 0.6 is 0 Å². The van der Waals surface area contributed by atoms with Gasteiger partial charge in [0.2, 0.25) is 0 Å². The number of nitrogens with zero attached hydrogens (tertiary/aromatic N) is 2. The van der Waals surface area contributed by atoms with E-state index in [-0.39, 0.29) is 5.82 Å². The molecule has 0 aliphatic carbocycles. The van der Waals surface area contributed by atoms with E-state index in [1.807, 2.05) is 56.5 Å². The first-order valence-corrected chi connectivity index (χ1v) is 10.8. The zero-order valence-corrected chi connectivity index (χ0v) is 18.5. The van der Waals surface area contributed by atoms with Crippen LogP contribution in [0, 0.1) is 5.82 Å². The lowest BCUT2D eigenvalue weighted by Crippen LogP contribution is -1.88. The molecule has 5 rings (SSSR count). The summed E-state index contributed by atoms with van der Waals surface area (Å²) in [5.74, 6) is -0.251. The summed E-state index contributed by atoms with van der Waals surface area (Å²) >= 11 is 0. The summed E-state index contributed by atoms with van der Waals surface area (Å²) in [4.78, 5) is 8.10. The molecule has 0 atom stereocenters. The molecule has 4 nitrogen and oxygen atoms in total. The fraction of sp³-hybridized carbons (Fsp3) is 0.0714. The maximum Gasteiger partial charge on any atom is 0.123 e. The fourth-order valence-electron chi connectivity index (χ4n) is 4.08. The molecule has 0 saturated carbocycles. The van der Waals surface area contributed by atoms with E-state index < -0.39 is 0 Å². The minimum Gasteiger partial charge on any atom is -0.353 e. The Morgan fingerprint density at radius 3 is 2.67 bits per heavy atom. The lowest BCUT2D eigenvalue weighted by molar-refractivity contribution is 0.628. The third-order valence-electron chi connectivity index (χ3n) is 5.81. The van der Waals surface area contributed by atoms with Crippen LogP contribution in [-0.2, 0) is 0 Å². The van der Waals surface area contributed by atoms with E-state index in [1.54, 1.807) is 12.1 Å². The zero-order chi connectivity index (χ0) is 22.9. The van der Waals surface area contributed by atoms with Crippen LogP contribution in [0.2, 0.25) is 0 Å². The van der Waals surface area contributed by atoms with Gasteiger partial charge in [-0.05, 0) is 60.9 Å². The van der Waals surface area contributed by atoms with Crippen molar-refractivity contribution in [1.82, 2.24) is 20.2 Å². The first-order chi connectivity index (χ1) is 16.1. The molecular formula is C28H23FN4. The van der Waals surface area contributed by atoms with Crippen LogP contribution in [0.15, 0.2) is 91.2 Å². The average molecular weight is 435 g/mol. The molecule has 3 aromatic heterocycles. The van der Waals surface area contributed by atoms with Gasteiger partial charge in [0.1, 0.15) is 11.5 Å². The number of halogens is 1. The second-order valence-corrected chi connectivity index (χ2v) is 7.98. The van der Waals surface area contributed by atoms with Crippen LogP contribution in [0.3, 0.4) is 0 Å². The summed E-state index contributed by atoms with van der Waals surface area (Å²) < 4.78 is 13.8. The SMILES string of the molecule is C=C/C(C)=C\C(=C/C)c1cc2c(-c3cc4c(-c5cccc(F)c5)cccc4[nH]3)n[nH]c2cn1. The van der Waals surface area contributed by atoms with E-state index >= 15 is 0 Å². The molecule has 33 heavy (non-hydrogen) atoms. The highest BCUT2D eigenvalue weighted by Gasteiger charge is 2.15. The quantitative estimate of drug-likeness (QED) is 0.282. The number of rotatable bonds is 5. The van der Waals surface area contributed by atoms with Gasteiger partial charge in [-0.25, -0.2) is 4.39 Å². The van der Waals surface area contributed by atoms with Gasteiger partial charge in [-0.3, -0.25) is 10.1 Å². The van der Waals surface area contributed by atoms with E-state index in [1.165, 1.54) is 6.07 Å². The fourth-order valence-corrected chi connectivity index (χ4v) is 4.08. The van der Waals surface area contributed by atoms with Crippen LogP contribution in [-0.4, -0.2) is 20.2 Å². The topological polar surface area (TPSA) is 57.4 Å². The molecule has 162 valence electrons. The largest absolute Gasteiger partial charge is 0.353 e. The Morgan fingerprint density at radius 2 is 1.88 bits per heavy atom. The van der Waals surface area contributed by atoms with Gasteiger partial charge in [0.25, 0.3) is 0 Å². The van der Waals surface area contributed by atoms with E-state index in [0.717, 1.165) is 61.2 Å². The first-order valence-electron chi connectivity index (χ1n) is 10.8. The Kier molecular flexibility index (Phi) is 5.23. The molecule has 0 spiro atoms. The highest BCUT2D eigenvalue weighted by molar-refractivity contribution is 6.01. The number of aromatic nitrogens is 4. The van der Waals surface area contributed by atoms with Crippen LogP contribution < -0.4 is 0 Å². The van der Waals surface area contributed by atoms with Gasteiger partial charge in [0, 0.05) is 16.3 Å². The van der Waals surface area contributed by atoms with Gasteiger partial charge in [-0.1, -0.05) is 54.6 Å². The first kappa shape index (κ1) is 20.6. The van der Waals surface area contributed by atoms with Crippen LogP contribution in [0.5, 0.6) is 0 Å². The van der Waals surface area contributed by atoms with Crippen molar-refractivity contribution in [1.29, 1.82) is 0 Å². The van der Waals surface area contributed by atoms with E-state index in [4.69, 9.17) is 0 Å². The number of pyridine rings is 1. The van der Waals surface area contributed by atoms with Gasteiger partial charge in [0.15, 0.2) is 0 Å². The number of hydrogen-bond acceptors (Lipinski definition) is 2. The molecule has 0 bridgehead atoms. The second kappa shape index (κ2) is 8.36. The van der Waals surface area contributed by atoms with Gasteiger partial charge in [-0.15, -0.1) is 0 Å². The Balaban J connectivity index is 1.64. The number of aromatic amines is 2. The number of fused-ring (bicyclic) bond motifs is 2. The predicted molar refractivity (Wildman–Crippen MR) is 134 cm³/mol. The average Bonchev–Trinajstić information content (AvgIpc) is 3.45. The Bertz CT molecular complexity index is 1570. The van der Waals surface area contributed by atoms with Gasteiger partial charge in [0.05, 0.1) is 23.1 Å². The number of H-pyrrole nitrogens is 2. The lowest BCUT2D eigenvalue weighted by Gasteiger charge is -2.03.